The minimum Gasteiger partial charge on any atom is -0.475 e. The van der Waals surface area contributed by atoms with Crippen molar-refractivity contribution in [3.63, 3.8) is 0 Å². The zero-order valence-electron chi connectivity index (χ0n) is 9.08. The van der Waals surface area contributed by atoms with Crippen LogP contribution >= 0.6 is 0 Å². The van der Waals surface area contributed by atoms with Gasteiger partial charge in [0.25, 0.3) is 5.78 Å². The van der Waals surface area contributed by atoms with E-state index in [4.69, 9.17) is 5.11 Å². The Morgan fingerprint density at radius 2 is 1.62 bits per heavy atom. The molecule has 6 nitrogen and oxygen atoms in total. The molecule has 0 atom stereocenters. The molecule has 0 aliphatic heterocycles. The summed E-state index contributed by atoms with van der Waals surface area (Å²) in [5, 5.41) is 8.63. The molecule has 0 saturated carbocycles. The molecule has 1 heterocycles. The van der Waals surface area contributed by atoms with E-state index in [1.54, 1.807) is 6.92 Å². The third-order valence-electron chi connectivity index (χ3n) is 2.19. The Morgan fingerprint density at radius 3 is 2.06 bits per heavy atom. The Morgan fingerprint density at radius 1 is 1.12 bits per heavy atom. The van der Waals surface area contributed by atoms with Gasteiger partial charge in [-0.15, -0.1) is 0 Å². The number of carboxylic acid groups (broad SMARTS) is 1. The summed E-state index contributed by atoms with van der Waals surface area (Å²) in [6.45, 7) is 3.09. The van der Waals surface area contributed by atoms with Gasteiger partial charge in [0.15, 0.2) is 0 Å². The smallest absolute Gasteiger partial charge is 0.377 e. The summed E-state index contributed by atoms with van der Waals surface area (Å²) in [6.07, 6.45) is 0. The highest BCUT2D eigenvalue weighted by Crippen LogP contribution is 2.19. The molecule has 0 radical (unpaired) electrons. The first-order valence-electron chi connectivity index (χ1n) is 4.45. The lowest BCUT2D eigenvalue weighted by Gasteiger charge is -2.01. The number of rotatable bonds is 3. The number of esters is 1. The van der Waals surface area contributed by atoms with Crippen molar-refractivity contribution in [2.24, 2.45) is 0 Å². The first kappa shape index (κ1) is 12.0. The summed E-state index contributed by atoms with van der Waals surface area (Å²) in [6, 6.07) is 0. The number of aryl methyl sites for hydroxylation is 2. The van der Waals surface area contributed by atoms with Crippen molar-refractivity contribution in [1.29, 1.82) is 0 Å². The van der Waals surface area contributed by atoms with Crippen LogP contribution in [0.15, 0.2) is 0 Å². The minimum atomic E-state index is -1.60. The Balaban J connectivity index is 3.43. The van der Waals surface area contributed by atoms with Crippen molar-refractivity contribution in [3.8, 4) is 0 Å². The molecule has 0 fully saturated rings. The maximum atomic E-state index is 11.4. The van der Waals surface area contributed by atoms with E-state index < -0.39 is 17.7 Å². The van der Waals surface area contributed by atoms with Crippen LogP contribution in [0.1, 0.15) is 32.1 Å². The van der Waals surface area contributed by atoms with Crippen LogP contribution in [0.4, 0.5) is 0 Å². The van der Waals surface area contributed by atoms with Gasteiger partial charge < -0.3 is 14.8 Å². The van der Waals surface area contributed by atoms with E-state index >= 15 is 0 Å². The SMILES string of the molecule is COC(=O)c1c(C)[nH]c(C)c1C(=O)C(=O)O. The summed E-state index contributed by atoms with van der Waals surface area (Å²) in [5.74, 6) is -3.46. The molecule has 1 rings (SSSR count). The number of hydrogen-bond donors (Lipinski definition) is 2. The molecular weight excluding hydrogens is 214 g/mol. The molecule has 1 aromatic rings. The van der Waals surface area contributed by atoms with Gasteiger partial charge in [-0.05, 0) is 13.8 Å². The number of H-pyrrole nitrogens is 1. The lowest BCUT2D eigenvalue weighted by atomic mass is 10.0. The highest BCUT2D eigenvalue weighted by molar-refractivity contribution is 6.41. The quantitative estimate of drug-likeness (QED) is 0.448. The largest absolute Gasteiger partial charge is 0.475 e. The zero-order chi connectivity index (χ0) is 12.5. The average Bonchev–Trinajstić information content (AvgIpc) is 2.51. The van der Waals surface area contributed by atoms with E-state index in [1.807, 2.05) is 0 Å². The van der Waals surface area contributed by atoms with E-state index in [0.29, 0.717) is 11.4 Å². The maximum Gasteiger partial charge on any atom is 0.377 e. The summed E-state index contributed by atoms with van der Waals surface area (Å²) in [5.41, 5.74) is 0.587. The molecule has 6 heteroatoms. The number of carboxylic acids is 1. The van der Waals surface area contributed by atoms with Crippen LogP contribution < -0.4 is 0 Å². The van der Waals surface area contributed by atoms with E-state index in [2.05, 4.69) is 9.72 Å². The fourth-order valence-electron chi connectivity index (χ4n) is 1.53. The van der Waals surface area contributed by atoms with E-state index in [1.165, 1.54) is 14.0 Å². The van der Waals surface area contributed by atoms with Gasteiger partial charge in [-0.25, -0.2) is 9.59 Å². The fraction of sp³-hybridized carbons (Fsp3) is 0.300. The summed E-state index contributed by atoms with van der Waals surface area (Å²) < 4.78 is 4.50. The van der Waals surface area contributed by atoms with Gasteiger partial charge in [0.1, 0.15) is 0 Å². The standard InChI is InChI=1S/C10H11NO5/c1-4-6(8(12)9(13)14)7(5(2)11-4)10(15)16-3/h11H,1-3H3,(H,13,14). The van der Waals surface area contributed by atoms with Crippen LogP contribution in [0, 0.1) is 13.8 Å². The van der Waals surface area contributed by atoms with E-state index in [0.717, 1.165) is 0 Å². The molecule has 2 N–H and O–H groups in total. The first-order valence-corrected chi connectivity index (χ1v) is 4.45. The number of aliphatic carboxylic acids is 1. The van der Waals surface area contributed by atoms with Crippen LogP contribution in [-0.2, 0) is 9.53 Å². The molecule has 0 aliphatic carbocycles. The molecule has 0 aromatic carbocycles. The van der Waals surface area contributed by atoms with Gasteiger partial charge in [-0.1, -0.05) is 0 Å². The third-order valence-corrected chi connectivity index (χ3v) is 2.19. The molecule has 16 heavy (non-hydrogen) atoms. The molecule has 0 amide bonds. The highest BCUT2D eigenvalue weighted by Gasteiger charge is 2.28. The Hall–Kier alpha value is -2.11. The van der Waals surface area contributed by atoms with Crippen molar-refractivity contribution in [3.05, 3.63) is 22.5 Å². The zero-order valence-corrected chi connectivity index (χ0v) is 9.08. The van der Waals surface area contributed by atoms with Gasteiger partial charge in [-0.3, -0.25) is 4.79 Å². The molecule has 0 bridgehead atoms. The molecule has 0 spiro atoms. The van der Waals surface area contributed by atoms with Gasteiger partial charge in [0.2, 0.25) is 0 Å². The highest BCUT2D eigenvalue weighted by atomic mass is 16.5. The number of nitrogens with one attached hydrogen (secondary N) is 1. The van der Waals surface area contributed by atoms with Gasteiger partial charge >= 0.3 is 11.9 Å². The van der Waals surface area contributed by atoms with Crippen molar-refractivity contribution in [1.82, 2.24) is 4.98 Å². The van der Waals surface area contributed by atoms with Crippen molar-refractivity contribution < 1.29 is 24.2 Å². The van der Waals surface area contributed by atoms with Gasteiger partial charge in [0.05, 0.1) is 18.2 Å². The van der Waals surface area contributed by atoms with Crippen LogP contribution in [-0.4, -0.2) is 34.9 Å². The number of Topliss-reactive ketones (excluding diaryl/α,β-unsaturated/α-hetero) is 1. The minimum absolute atomic E-state index is 0.0209. The summed E-state index contributed by atoms with van der Waals surface area (Å²) >= 11 is 0. The number of aromatic nitrogens is 1. The second-order valence-corrected chi connectivity index (χ2v) is 3.25. The second kappa shape index (κ2) is 4.18. The van der Waals surface area contributed by atoms with Crippen molar-refractivity contribution >= 4 is 17.7 Å². The molecular formula is C10H11NO5. The number of aromatic amines is 1. The predicted molar refractivity (Wildman–Crippen MR) is 53.6 cm³/mol. The van der Waals surface area contributed by atoms with Crippen LogP contribution in [0.5, 0.6) is 0 Å². The van der Waals surface area contributed by atoms with Gasteiger partial charge in [-0.2, -0.15) is 0 Å². The van der Waals surface area contributed by atoms with Crippen LogP contribution in [0.2, 0.25) is 0 Å². The summed E-state index contributed by atoms with van der Waals surface area (Å²) in [4.78, 5) is 36.2. The average molecular weight is 225 g/mol. The number of ketones is 1. The maximum absolute atomic E-state index is 11.4. The lowest BCUT2D eigenvalue weighted by molar-refractivity contribution is -0.131. The molecule has 0 aliphatic rings. The monoisotopic (exact) mass is 225 g/mol. The fourth-order valence-corrected chi connectivity index (χ4v) is 1.53. The normalized spacial score (nSPS) is 9.94. The molecule has 0 saturated heterocycles. The first-order chi connectivity index (χ1) is 7.40. The molecule has 0 unspecified atom stereocenters. The topological polar surface area (TPSA) is 96.5 Å². The Labute approximate surface area is 91.2 Å². The van der Waals surface area contributed by atoms with E-state index in [9.17, 15) is 14.4 Å². The Bertz CT molecular complexity index is 472. The third kappa shape index (κ3) is 1.81. The van der Waals surface area contributed by atoms with Crippen molar-refractivity contribution in [2.45, 2.75) is 13.8 Å². The van der Waals surface area contributed by atoms with Gasteiger partial charge in [0, 0.05) is 11.4 Å². The Kier molecular flexibility index (Phi) is 3.12. The predicted octanol–water partition coefficient (Wildman–Crippen LogP) is 0.685. The number of carbonyl (C=O) groups excluding carboxylic acids is 2. The van der Waals surface area contributed by atoms with Crippen LogP contribution in [0.25, 0.3) is 0 Å². The summed E-state index contributed by atoms with van der Waals surface area (Å²) in [7, 11) is 1.17. The van der Waals surface area contributed by atoms with Crippen molar-refractivity contribution in [2.75, 3.05) is 7.11 Å². The number of carbonyl (C=O) groups is 3. The number of methoxy groups -OCH3 is 1. The molecule has 86 valence electrons. The lowest BCUT2D eigenvalue weighted by Crippen LogP contribution is -2.17. The van der Waals surface area contributed by atoms with E-state index in [-0.39, 0.29) is 11.1 Å². The second-order valence-electron chi connectivity index (χ2n) is 3.25. The molecule has 1 aromatic heterocycles. The number of ether oxygens (including phenoxy) is 1. The number of hydrogen-bond acceptors (Lipinski definition) is 4. The van der Waals surface area contributed by atoms with Crippen LogP contribution in [0.3, 0.4) is 0 Å².